The number of aromatic nitrogens is 2. The number of pyridine rings is 1. The number of rotatable bonds is 2. The van der Waals surface area contributed by atoms with Crippen LogP contribution in [0.15, 0.2) is 30.3 Å². The minimum atomic E-state index is 0.476. The number of hydrogen-bond donors (Lipinski definition) is 0. The summed E-state index contributed by atoms with van der Waals surface area (Å²) in [5, 5.41) is 9.84. The molecule has 0 atom stereocenters. The van der Waals surface area contributed by atoms with E-state index in [1.807, 2.05) is 18.2 Å². The molecule has 5 heteroatoms. The van der Waals surface area contributed by atoms with Gasteiger partial charge in [0, 0.05) is 37.0 Å². The van der Waals surface area contributed by atoms with Gasteiger partial charge >= 0.3 is 0 Å². The van der Waals surface area contributed by atoms with Crippen molar-refractivity contribution in [1.82, 2.24) is 9.55 Å². The molecule has 0 aromatic carbocycles. The Morgan fingerprint density at radius 1 is 1.50 bits per heavy atom. The van der Waals surface area contributed by atoms with E-state index in [1.165, 1.54) is 0 Å². The first-order chi connectivity index (χ1) is 9.76. The molecule has 20 heavy (non-hydrogen) atoms. The lowest BCUT2D eigenvalue weighted by Crippen LogP contribution is -2.09. The monoisotopic (exact) mass is 285 g/mol. The Morgan fingerprint density at radius 3 is 3.00 bits per heavy atom. The molecule has 100 valence electrons. The molecular weight excluding hydrogens is 274 g/mol. The number of nitriles is 1. The van der Waals surface area contributed by atoms with Crippen LogP contribution in [-0.2, 0) is 11.3 Å². The van der Waals surface area contributed by atoms with Crippen LogP contribution in [0.4, 0.5) is 0 Å². The van der Waals surface area contributed by atoms with Gasteiger partial charge in [0.2, 0.25) is 0 Å². The second-order valence-corrected chi connectivity index (χ2v) is 4.87. The Labute approximate surface area is 121 Å². The van der Waals surface area contributed by atoms with Gasteiger partial charge < -0.3 is 9.30 Å². The van der Waals surface area contributed by atoms with E-state index in [9.17, 15) is 5.26 Å². The molecule has 0 amide bonds. The number of nitrogens with zero attached hydrogens (tertiary/aromatic N) is 3. The Hall–Kier alpha value is -2.25. The maximum Gasteiger partial charge on any atom is 0.103 e. The predicted molar refractivity (Wildman–Crippen MR) is 77.0 cm³/mol. The molecule has 3 rings (SSSR count). The van der Waals surface area contributed by atoms with Crippen LogP contribution in [0.2, 0.25) is 5.02 Å². The SMILES string of the molecule is COC1=Cc2c(C#N)c(Cl)c(-c3cccnc3)n2CC1. The normalized spacial score (nSPS) is 13.3. The highest BCUT2D eigenvalue weighted by atomic mass is 35.5. The third-order valence-electron chi connectivity index (χ3n) is 3.43. The van der Waals surface area contributed by atoms with E-state index in [4.69, 9.17) is 16.3 Å². The van der Waals surface area contributed by atoms with Crippen LogP contribution in [0.5, 0.6) is 0 Å². The van der Waals surface area contributed by atoms with Crippen LogP contribution in [0.3, 0.4) is 0 Å². The molecule has 2 aromatic rings. The fourth-order valence-electron chi connectivity index (χ4n) is 2.49. The summed E-state index contributed by atoms with van der Waals surface area (Å²) in [4.78, 5) is 4.12. The summed E-state index contributed by atoms with van der Waals surface area (Å²) >= 11 is 6.40. The van der Waals surface area contributed by atoms with Crippen molar-refractivity contribution >= 4 is 17.7 Å². The lowest BCUT2D eigenvalue weighted by atomic mass is 10.1. The molecule has 3 heterocycles. The van der Waals surface area contributed by atoms with Crippen molar-refractivity contribution in [2.45, 2.75) is 13.0 Å². The zero-order valence-electron chi connectivity index (χ0n) is 10.9. The van der Waals surface area contributed by atoms with E-state index in [1.54, 1.807) is 19.5 Å². The average molecular weight is 286 g/mol. The minimum absolute atomic E-state index is 0.476. The zero-order chi connectivity index (χ0) is 14.1. The van der Waals surface area contributed by atoms with Crippen molar-refractivity contribution in [3.63, 3.8) is 0 Å². The fraction of sp³-hybridized carbons (Fsp3) is 0.200. The average Bonchev–Trinajstić information content (AvgIpc) is 2.78. The van der Waals surface area contributed by atoms with Crippen molar-refractivity contribution in [3.05, 3.63) is 46.6 Å². The summed E-state index contributed by atoms with van der Waals surface area (Å²) in [7, 11) is 1.64. The highest BCUT2D eigenvalue weighted by molar-refractivity contribution is 6.34. The molecule has 2 aromatic heterocycles. The van der Waals surface area contributed by atoms with Crippen molar-refractivity contribution in [1.29, 1.82) is 5.26 Å². The van der Waals surface area contributed by atoms with E-state index >= 15 is 0 Å². The van der Waals surface area contributed by atoms with Crippen LogP contribution >= 0.6 is 11.6 Å². The molecule has 0 aliphatic carbocycles. The number of halogens is 1. The number of ether oxygens (including phenoxy) is 1. The molecule has 1 aliphatic heterocycles. The van der Waals surface area contributed by atoms with Gasteiger partial charge in [-0.3, -0.25) is 4.98 Å². The van der Waals surface area contributed by atoms with Gasteiger partial charge in [-0.25, -0.2) is 0 Å². The number of hydrogen-bond acceptors (Lipinski definition) is 3. The maximum atomic E-state index is 9.36. The van der Waals surface area contributed by atoms with Gasteiger partial charge in [-0.2, -0.15) is 5.26 Å². The highest BCUT2D eigenvalue weighted by Gasteiger charge is 2.24. The summed E-state index contributed by atoms with van der Waals surface area (Å²) in [6.45, 7) is 0.737. The van der Waals surface area contributed by atoms with E-state index < -0.39 is 0 Å². The molecule has 1 aliphatic rings. The van der Waals surface area contributed by atoms with E-state index in [0.717, 1.165) is 35.7 Å². The van der Waals surface area contributed by atoms with Crippen LogP contribution in [0, 0.1) is 11.3 Å². The second-order valence-electron chi connectivity index (χ2n) is 4.49. The molecule has 0 unspecified atom stereocenters. The molecule has 0 radical (unpaired) electrons. The molecule has 0 saturated heterocycles. The van der Waals surface area contributed by atoms with Gasteiger partial charge in [0.05, 0.1) is 34.8 Å². The Morgan fingerprint density at radius 2 is 2.35 bits per heavy atom. The van der Waals surface area contributed by atoms with Gasteiger partial charge in [0.15, 0.2) is 0 Å². The lowest BCUT2D eigenvalue weighted by molar-refractivity contribution is 0.273. The topological polar surface area (TPSA) is 50.8 Å². The Balaban J connectivity index is 2.27. The molecule has 4 nitrogen and oxygen atoms in total. The lowest BCUT2D eigenvalue weighted by Gasteiger charge is -2.18. The first-order valence-corrected chi connectivity index (χ1v) is 6.61. The summed E-state index contributed by atoms with van der Waals surface area (Å²) < 4.78 is 7.34. The quantitative estimate of drug-likeness (QED) is 0.849. The molecule has 0 bridgehead atoms. The third kappa shape index (κ3) is 1.87. The van der Waals surface area contributed by atoms with E-state index in [0.29, 0.717) is 10.6 Å². The number of fused-ring (bicyclic) bond motifs is 1. The summed E-state index contributed by atoms with van der Waals surface area (Å²) in [5.74, 6) is 0.862. The van der Waals surface area contributed by atoms with E-state index in [2.05, 4.69) is 15.6 Å². The standard InChI is InChI=1S/C15H12ClN3O/c1-20-11-4-6-19-13(7-11)12(8-17)14(16)15(19)10-3-2-5-18-9-10/h2-3,5,7,9H,4,6H2,1H3. The second kappa shape index (κ2) is 5.03. The van der Waals surface area contributed by atoms with Gasteiger partial charge in [-0.1, -0.05) is 11.6 Å². The largest absolute Gasteiger partial charge is 0.501 e. The first kappa shape index (κ1) is 12.8. The first-order valence-electron chi connectivity index (χ1n) is 6.23. The van der Waals surface area contributed by atoms with Crippen molar-refractivity contribution in [2.24, 2.45) is 0 Å². The summed E-state index contributed by atoms with van der Waals surface area (Å²) in [6.07, 6.45) is 6.14. The van der Waals surface area contributed by atoms with E-state index in [-0.39, 0.29) is 0 Å². The maximum absolute atomic E-state index is 9.36. The fourth-order valence-corrected chi connectivity index (χ4v) is 2.84. The molecule has 0 saturated carbocycles. The smallest absolute Gasteiger partial charge is 0.103 e. The minimum Gasteiger partial charge on any atom is -0.501 e. The predicted octanol–water partition coefficient (Wildman–Crippen LogP) is 3.47. The van der Waals surface area contributed by atoms with Crippen LogP contribution < -0.4 is 0 Å². The van der Waals surface area contributed by atoms with Crippen LogP contribution in [0.1, 0.15) is 17.7 Å². The van der Waals surface area contributed by atoms with Gasteiger partial charge in [-0.15, -0.1) is 0 Å². The Kier molecular flexibility index (Phi) is 3.21. The third-order valence-corrected chi connectivity index (χ3v) is 3.80. The number of allylic oxidation sites excluding steroid dienone is 1. The molecule has 0 fully saturated rings. The molecular formula is C15H12ClN3O. The highest BCUT2D eigenvalue weighted by Crippen LogP contribution is 2.38. The number of methoxy groups -OCH3 is 1. The molecule has 0 N–H and O–H groups in total. The van der Waals surface area contributed by atoms with Crippen molar-refractivity contribution in [2.75, 3.05) is 7.11 Å². The van der Waals surface area contributed by atoms with Gasteiger partial charge in [0.1, 0.15) is 6.07 Å². The van der Waals surface area contributed by atoms with Gasteiger partial charge in [-0.05, 0) is 12.1 Å². The summed E-state index contributed by atoms with van der Waals surface area (Å²) in [5.41, 5.74) is 3.05. The van der Waals surface area contributed by atoms with Gasteiger partial charge in [0.25, 0.3) is 0 Å². The summed E-state index contributed by atoms with van der Waals surface area (Å²) in [6, 6.07) is 5.99. The van der Waals surface area contributed by atoms with Crippen LogP contribution in [0.25, 0.3) is 17.3 Å². The van der Waals surface area contributed by atoms with Crippen molar-refractivity contribution in [3.8, 4) is 17.3 Å². The molecule has 0 spiro atoms. The Bertz CT molecular complexity index is 726. The van der Waals surface area contributed by atoms with Crippen molar-refractivity contribution < 1.29 is 4.74 Å². The zero-order valence-corrected chi connectivity index (χ0v) is 11.7. The van der Waals surface area contributed by atoms with Crippen LogP contribution in [-0.4, -0.2) is 16.7 Å².